The van der Waals surface area contributed by atoms with Gasteiger partial charge in [0, 0.05) is 22.8 Å². The normalized spacial score (nSPS) is 13.8. The summed E-state index contributed by atoms with van der Waals surface area (Å²) in [4.78, 5) is 27.9. The van der Waals surface area contributed by atoms with Crippen LogP contribution in [0.25, 0.3) is 0 Å². The van der Waals surface area contributed by atoms with E-state index in [1.165, 1.54) is 0 Å². The highest BCUT2D eigenvalue weighted by Crippen LogP contribution is 2.34. The molecular weight excluding hydrogens is 396 g/mol. The molecule has 0 saturated heterocycles. The van der Waals surface area contributed by atoms with Crippen molar-refractivity contribution in [2.24, 2.45) is 0 Å². The van der Waals surface area contributed by atoms with Gasteiger partial charge in [0.15, 0.2) is 0 Å². The van der Waals surface area contributed by atoms with Gasteiger partial charge in [0.25, 0.3) is 5.91 Å². The van der Waals surface area contributed by atoms with E-state index < -0.39 is 0 Å². The molecule has 0 aromatic heterocycles. The van der Waals surface area contributed by atoms with Gasteiger partial charge in [-0.25, -0.2) is 0 Å². The number of benzene rings is 3. The third-order valence-electron chi connectivity index (χ3n) is 5.61. The first-order chi connectivity index (χ1) is 14.4. The molecule has 4 nitrogen and oxygen atoms in total. The van der Waals surface area contributed by atoms with Gasteiger partial charge in [-0.2, -0.15) is 0 Å². The van der Waals surface area contributed by atoms with Gasteiger partial charge in [0.1, 0.15) is 0 Å². The molecule has 1 aliphatic rings. The van der Waals surface area contributed by atoms with Crippen molar-refractivity contribution in [2.75, 3.05) is 5.32 Å². The number of anilines is 1. The zero-order valence-corrected chi connectivity index (χ0v) is 17.7. The highest BCUT2D eigenvalue weighted by molar-refractivity contribution is 6.31. The van der Waals surface area contributed by atoms with Gasteiger partial charge in [-0.15, -0.1) is 0 Å². The van der Waals surface area contributed by atoms with Crippen molar-refractivity contribution >= 4 is 29.1 Å². The van der Waals surface area contributed by atoms with Crippen LogP contribution in [0.15, 0.2) is 66.7 Å². The van der Waals surface area contributed by atoms with E-state index in [1.807, 2.05) is 74.5 Å². The van der Waals surface area contributed by atoms with Crippen LogP contribution >= 0.6 is 11.6 Å². The summed E-state index contributed by atoms with van der Waals surface area (Å²) in [7, 11) is 0. The SMILES string of the molecule is Cc1ccc(C(CC(=O)Nc2cccc(Cl)c2C)N2Cc3ccccc3C2=O)cc1. The predicted octanol–water partition coefficient (Wildman–Crippen LogP) is 5.68. The number of nitrogens with zero attached hydrogens (tertiary/aromatic N) is 1. The van der Waals surface area contributed by atoms with Crippen molar-refractivity contribution in [3.63, 3.8) is 0 Å². The number of rotatable bonds is 5. The van der Waals surface area contributed by atoms with Crippen molar-refractivity contribution < 1.29 is 9.59 Å². The lowest BCUT2D eigenvalue weighted by atomic mass is 10.00. The predicted molar refractivity (Wildman–Crippen MR) is 120 cm³/mol. The topological polar surface area (TPSA) is 49.4 Å². The molecule has 152 valence electrons. The second-order valence-electron chi connectivity index (χ2n) is 7.68. The summed E-state index contributed by atoms with van der Waals surface area (Å²) < 4.78 is 0. The van der Waals surface area contributed by atoms with E-state index in [2.05, 4.69) is 5.32 Å². The van der Waals surface area contributed by atoms with Crippen LogP contribution in [-0.2, 0) is 11.3 Å². The summed E-state index contributed by atoms with van der Waals surface area (Å²) in [6, 6.07) is 20.7. The van der Waals surface area contributed by atoms with Gasteiger partial charge in [-0.1, -0.05) is 65.7 Å². The first-order valence-electron chi connectivity index (χ1n) is 9.94. The molecule has 0 saturated carbocycles. The second-order valence-corrected chi connectivity index (χ2v) is 8.09. The fraction of sp³-hybridized carbons (Fsp3) is 0.200. The van der Waals surface area contributed by atoms with Gasteiger partial charge in [-0.3, -0.25) is 9.59 Å². The summed E-state index contributed by atoms with van der Waals surface area (Å²) in [5, 5.41) is 3.57. The molecule has 2 amide bonds. The van der Waals surface area contributed by atoms with Crippen LogP contribution in [0.1, 0.15) is 45.1 Å². The molecule has 0 radical (unpaired) electrons. The molecule has 0 spiro atoms. The average molecular weight is 419 g/mol. The molecule has 3 aromatic rings. The maximum Gasteiger partial charge on any atom is 0.255 e. The maximum atomic E-state index is 13.1. The summed E-state index contributed by atoms with van der Waals surface area (Å²) >= 11 is 6.18. The first kappa shape index (κ1) is 20.2. The number of hydrogen-bond donors (Lipinski definition) is 1. The Morgan fingerprint density at radius 1 is 1.03 bits per heavy atom. The van der Waals surface area contributed by atoms with Gasteiger partial charge in [0.2, 0.25) is 5.91 Å². The molecule has 1 unspecified atom stereocenters. The lowest BCUT2D eigenvalue weighted by Gasteiger charge is -2.28. The number of aryl methyl sites for hydroxylation is 1. The standard InChI is InChI=1S/C25H23ClN2O2/c1-16-10-12-18(13-11-16)23(28-15-19-6-3-4-7-20(19)25(28)30)14-24(29)27-22-9-5-8-21(26)17(22)2/h3-13,23H,14-15H2,1-2H3,(H,27,29). The minimum atomic E-state index is -0.356. The Balaban J connectivity index is 1.62. The molecule has 1 atom stereocenters. The van der Waals surface area contributed by atoms with Crippen molar-refractivity contribution in [3.8, 4) is 0 Å². The van der Waals surface area contributed by atoms with Crippen LogP contribution in [0.2, 0.25) is 5.02 Å². The van der Waals surface area contributed by atoms with Crippen LogP contribution in [0.3, 0.4) is 0 Å². The minimum absolute atomic E-state index is 0.0390. The lowest BCUT2D eigenvalue weighted by Crippen LogP contribution is -2.32. The van der Waals surface area contributed by atoms with Crippen molar-refractivity contribution in [1.29, 1.82) is 0 Å². The number of amides is 2. The quantitative estimate of drug-likeness (QED) is 0.579. The second kappa shape index (κ2) is 8.33. The van der Waals surface area contributed by atoms with Gasteiger partial charge < -0.3 is 10.2 Å². The Kier molecular flexibility index (Phi) is 5.60. The van der Waals surface area contributed by atoms with Crippen LogP contribution in [0.5, 0.6) is 0 Å². The van der Waals surface area contributed by atoms with Crippen LogP contribution in [-0.4, -0.2) is 16.7 Å². The fourth-order valence-corrected chi connectivity index (χ4v) is 4.02. The number of carbonyl (C=O) groups is 2. The summed E-state index contributed by atoms with van der Waals surface area (Å²) in [6.45, 7) is 4.39. The zero-order chi connectivity index (χ0) is 21.3. The molecule has 30 heavy (non-hydrogen) atoms. The number of carbonyl (C=O) groups excluding carboxylic acids is 2. The molecule has 0 fully saturated rings. The fourth-order valence-electron chi connectivity index (χ4n) is 3.84. The Morgan fingerprint density at radius 2 is 1.77 bits per heavy atom. The highest BCUT2D eigenvalue weighted by Gasteiger charge is 2.34. The summed E-state index contributed by atoms with van der Waals surface area (Å²) in [5.74, 6) is -0.197. The van der Waals surface area contributed by atoms with E-state index in [9.17, 15) is 9.59 Å². The largest absolute Gasteiger partial charge is 0.327 e. The Bertz CT molecular complexity index is 1110. The van der Waals surface area contributed by atoms with Crippen LogP contribution < -0.4 is 5.32 Å². The Morgan fingerprint density at radius 3 is 2.50 bits per heavy atom. The van der Waals surface area contributed by atoms with Crippen LogP contribution in [0, 0.1) is 13.8 Å². The summed E-state index contributed by atoms with van der Waals surface area (Å²) in [6.07, 6.45) is 0.161. The molecule has 3 aromatic carbocycles. The zero-order valence-electron chi connectivity index (χ0n) is 17.0. The van der Waals surface area contributed by atoms with Crippen LogP contribution in [0.4, 0.5) is 5.69 Å². The van der Waals surface area contributed by atoms with Gasteiger partial charge in [-0.05, 0) is 48.7 Å². The smallest absolute Gasteiger partial charge is 0.255 e. The molecular formula is C25H23ClN2O2. The van der Waals surface area contributed by atoms with E-state index in [0.717, 1.165) is 22.3 Å². The van der Waals surface area contributed by atoms with Crippen molar-refractivity contribution in [3.05, 3.63) is 99.6 Å². The van der Waals surface area contributed by atoms with Crippen molar-refractivity contribution in [2.45, 2.75) is 32.9 Å². The van der Waals surface area contributed by atoms with E-state index in [4.69, 9.17) is 11.6 Å². The number of nitrogens with one attached hydrogen (secondary N) is 1. The minimum Gasteiger partial charge on any atom is -0.327 e. The van der Waals surface area contributed by atoms with E-state index in [0.29, 0.717) is 22.8 Å². The number of hydrogen-bond acceptors (Lipinski definition) is 2. The van der Waals surface area contributed by atoms with Gasteiger partial charge >= 0.3 is 0 Å². The number of halogens is 1. The molecule has 1 heterocycles. The molecule has 4 rings (SSSR count). The lowest BCUT2D eigenvalue weighted by molar-refractivity contribution is -0.117. The van der Waals surface area contributed by atoms with E-state index in [1.54, 1.807) is 11.0 Å². The molecule has 0 aliphatic carbocycles. The third kappa shape index (κ3) is 3.96. The summed E-state index contributed by atoms with van der Waals surface area (Å²) in [5.41, 5.74) is 5.29. The monoisotopic (exact) mass is 418 g/mol. The van der Waals surface area contributed by atoms with Crippen molar-refractivity contribution in [1.82, 2.24) is 4.90 Å². The maximum absolute atomic E-state index is 13.1. The molecule has 5 heteroatoms. The van der Waals surface area contributed by atoms with E-state index >= 15 is 0 Å². The van der Waals surface area contributed by atoms with E-state index in [-0.39, 0.29) is 24.3 Å². The molecule has 1 N–H and O–H groups in total. The Hall–Kier alpha value is -3.11. The molecule has 0 bridgehead atoms. The molecule has 1 aliphatic heterocycles. The number of fused-ring (bicyclic) bond motifs is 1. The highest BCUT2D eigenvalue weighted by atomic mass is 35.5. The first-order valence-corrected chi connectivity index (χ1v) is 10.3. The average Bonchev–Trinajstić information content (AvgIpc) is 3.07. The van der Waals surface area contributed by atoms with Gasteiger partial charge in [0.05, 0.1) is 12.5 Å². The third-order valence-corrected chi connectivity index (χ3v) is 6.02. The Labute approximate surface area is 181 Å².